The van der Waals surface area contributed by atoms with Gasteiger partial charge in [-0.15, -0.1) is 0 Å². The summed E-state index contributed by atoms with van der Waals surface area (Å²) in [6.45, 7) is 2.43. The maximum Gasteiger partial charge on any atom is 0.226 e. The monoisotopic (exact) mass is 330 g/mol. The maximum atomic E-state index is 13.0. The largest absolute Gasteiger partial charge is 0.381 e. The van der Waals surface area contributed by atoms with Crippen LogP contribution in [0.2, 0.25) is 0 Å². The number of sulfonamides is 1. The molecule has 0 bridgehead atoms. The molecule has 0 radical (unpaired) electrons. The highest BCUT2D eigenvalue weighted by Gasteiger charge is 2.41. The third kappa shape index (κ3) is 3.63. The summed E-state index contributed by atoms with van der Waals surface area (Å²) in [5, 5.41) is 0. The van der Waals surface area contributed by atoms with Gasteiger partial charge in [0.15, 0.2) is 0 Å². The van der Waals surface area contributed by atoms with Crippen molar-refractivity contribution in [1.82, 2.24) is 9.21 Å². The number of carbonyl (C=O) groups is 1. The van der Waals surface area contributed by atoms with E-state index in [0.29, 0.717) is 38.0 Å². The van der Waals surface area contributed by atoms with Gasteiger partial charge in [0.05, 0.1) is 6.26 Å². The molecule has 0 aromatic heterocycles. The standard InChI is InChI=1S/C15H26N2O4S/c1-22(19,20)16-8-4-12(5-9-16)15(18)17(13-2-3-13)14-6-10-21-11-7-14/h12-14H,2-11H2,1H3. The highest BCUT2D eigenvalue weighted by atomic mass is 32.2. The van der Waals surface area contributed by atoms with Crippen LogP contribution >= 0.6 is 0 Å². The first kappa shape index (κ1) is 16.2. The van der Waals surface area contributed by atoms with Crippen molar-refractivity contribution in [2.75, 3.05) is 32.6 Å². The molecule has 0 unspecified atom stereocenters. The predicted molar refractivity (Wildman–Crippen MR) is 82.8 cm³/mol. The molecule has 0 N–H and O–H groups in total. The van der Waals surface area contributed by atoms with Crippen LogP contribution in [0, 0.1) is 5.92 Å². The van der Waals surface area contributed by atoms with E-state index in [0.717, 1.165) is 38.9 Å². The van der Waals surface area contributed by atoms with E-state index < -0.39 is 10.0 Å². The van der Waals surface area contributed by atoms with Gasteiger partial charge >= 0.3 is 0 Å². The summed E-state index contributed by atoms with van der Waals surface area (Å²) in [5.41, 5.74) is 0. The summed E-state index contributed by atoms with van der Waals surface area (Å²) in [6.07, 6.45) is 6.65. The topological polar surface area (TPSA) is 66.9 Å². The Kier molecular flexibility index (Phi) is 4.75. The molecule has 6 nitrogen and oxygen atoms in total. The lowest BCUT2D eigenvalue weighted by Gasteiger charge is -2.38. The van der Waals surface area contributed by atoms with Crippen molar-refractivity contribution >= 4 is 15.9 Å². The van der Waals surface area contributed by atoms with Gasteiger partial charge in [-0.25, -0.2) is 12.7 Å². The van der Waals surface area contributed by atoms with Crippen LogP contribution in [0.4, 0.5) is 0 Å². The molecular formula is C15H26N2O4S. The fourth-order valence-electron chi connectivity index (χ4n) is 3.62. The van der Waals surface area contributed by atoms with Gasteiger partial charge in [0, 0.05) is 44.3 Å². The maximum absolute atomic E-state index is 13.0. The van der Waals surface area contributed by atoms with Gasteiger partial charge in [-0.1, -0.05) is 0 Å². The molecule has 1 amide bonds. The molecule has 3 rings (SSSR count). The summed E-state index contributed by atoms with van der Waals surface area (Å²) in [5.74, 6) is 0.240. The van der Waals surface area contributed by atoms with E-state index in [1.54, 1.807) is 0 Å². The Bertz CT molecular complexity index is 504. The van der Waals surface area contributed by atoms with E-state index in [9.17, 15) is 13.2 Å². The van der Waals surface area contributed by atoms with Crippen LogP contribution in [-0.4, -0.2) is 68.2 Å². The first-order valence-electron chi connectivity index (χ1n) is 8.32. The Hall–Kier alpha value is -0.660. The third-order valence-corrected chi connectivity index (χ3v) is 6.35. The summed E-state index contributed by atoms with van der Waals surface area (Å²) in [6, 6.07) is 0.741. The van der Waals surface area contributed by atoms with Crippen LogP contribution in [0.1, 0.15) is 38.5 Å². The van der Waals surface area contributed by atoms with Crippen molar-refractivity contribution in [3.8, 4) is 0 Å². The number of hydrogen-bond donors (Lipinski definition) is 0. The molecule has 0 atom stereocenters. The number of ether oxygens (including phenoxy) is 1. The smallest absolute Gasteiger partial charge is 0.226 e. The second kappa shape index (κ2) is 6.45. The first-order valence-corrected chi connectivity index (χ1v) is 10.2. The van der Waals surface area contributed by atoms with Crippen LogP contribution in [0.25, 0.3) is 0 Å². The minimum atomic E-state index is -3.13. The Morgan fingerprint density at radius 1 is 1.00 bits per heavy atom. The molecule has 0 spiro atoms. The van der Waals surface area contributed by atoms with E-state index in [-0.39, 0.29) is 11.8 Å². The third-order valence-electron chi connectivity index (χ3n) is 5.05. The van der Waals surface area contributed by atoms with Crippen molar-refractivity contribution < 1.29 is 17.9 Å². The van der Waals surface area contributed by atoms with Crippen LogP contribution < -0.4 is 0 Å². The zero-order valence-corrected chi connectivity index (χ0v) is 14.1. The highest BCUT2D eigenvalue weighted by Crippen LogP contribution is 2.34. The number of carbonyl (C=O) groups excluding carboxylic acids is 1. The lowest BCUT2D eigenvalue weighted by molar-refractivity contribution is -0.141. The number of nitrogens with zero attached hydrogens (tertiary/aromatic N) is 2. The van der Waals surface area contributed by atoms with Crippen molar-refractivity contribution in [1.29, 1.82) is 0 Å². The van der Waals surface area contributed by atoms with Crippen LogP contribution in [0.15, 0.2) is 0 Å². The Morgan fingerprint density at radius 2 is 1.55 bits per heavy atom. The second-order valence-electron chi connectivity index (χ2n) is 6.76. The number of hydrogen-bond acceptors (Lipinski definition) is 4. The molecule has 1 saturated carbocycles. The number of rotatable bonds is 4. The van der Waals surface area contributed by atoms with E-state index >= 15 is 0 Å². The molecule has 126 valence electrons. The molecule has 7 heteroatoms. The molecule has 2 saturated heterocycles. The minimum Gasteiger partial charge on any atom is -0.381 e. The van der Waals surface area contributed by atoms with Crippen molar-refractivity contribution in [2.45, 2.75) is 50.6 Å². The summed E-state index contributed by atoms with van der Waals surface area (Å²) >= 11 is 0. The van der Waals surface area contributed by atoms with E-state index in [2.05, 4.69) is 4.90 Å². The average molecular weight is 330 g/mol. The van der Waals surface area contributed by atoms with Gasteiger partial charge in [0.2, 0.25) is 15.9 Å². The molecule has 0 aromatic rings. The molecule has 1 aliphatic carbocycles. The minimum absolute atomic E-state index is 0.0126. The van der Waals surface area contributed by atoms with Gasteiger partial charge in [0.25, 0.3) is 0 Å². The van der Waals surface area contributed by atoms with Gasteiger partial charge in [-0.2, -0.15) is 0 Å². The quantitative estimate of drug-likeness (QED) is 0.766. The van der Waals surface area contributed by atoms with Crippen LogP contribution in [0.5, 0.6) is 0 Å². The second-order valence-corrected chi connectivity index (χ2v) is 8.74. The normalized spacial score (nSPS) is 26.0. The zero-order chi connectivity index (χ0) is 15.7. The molecular weight excluding hydrogens is 304 g/mol. The SMILES string of the molecule is CS(=O)(=O)N1CCC(C(=O)N(C2CCOCC2)C2CC2)CC1. The van der Waals surface area contributed by atoms with Gasteiger partial charge in [-0.05, 0) is 38.5 Å². The summed E-state index contributed by atoms with van der Waals surface area (Å²) < 4.78 is 30.1. The van der Waals surface area contributed by atoms with Crippen LogP contribution in [0.3, 0.4) is 0 Å². The lowest BCUT2D eigenvalue weighted by atomic mass is 9.94. The van der Waals surface area contributed by atoms with E-state index in [1.165, 1.54) is 10.6 Å². The lowest BCUT2D eigenvalue weighted by Crippen LogP contribution is -2.50. The van der Waals surface area contributed by atoms with Gasteiger partial charge in [-0.3, -0.25) is 4.79 Å². The molecule has 0 aromatic carbocycles. The van der Waals surface area contributed by atoms with E-state index in [1.807, 2.05) is 0 Å². The van der Waals surface area contributed by atoms with Crippen LogP contribution in [-0.2, 0) is 19.6 Å². The Morgan fingerprint density at radius 3 is 2.05 bits per heavy atom. The van der Waals surface area contributed by atoms with E-state index in [4.69, 9.17) is 4.74 Å². The summed E-state index contributed by atoms with van der Waals surface area (Å²) in [4.78, 5) is 15.1. The number of piperidine rings is 1. The average Bonchev–Trinajstić information content (AvgIpc) is 3.32. The zero-order valence-electron chi connectivity index (χ0n) is 13.2. The Labute approximate surface area is 132 Å². The molecule has 2 aliphatic heterocycles. The van der Waals surface area contributed by atoms with Gasteiger partial charge in [0.1, 0.15) is 0 Å². The molecule has 2 heterocycles. The van der Waals surface area contributed by atoms with Gasteiger partial charge < -0.3 is 9.64 Å². The predicted octanol–water partition coefficient (Wildman–Crippen LogP) is 0.828. The fourth-order valence-corrected chi connectivity index (χ4v) is 4.49. The molecule has 3 fully saturated rings. The van der Waals surface area contributed by atoms with Crippen molar-refractivity contribution in [2.24, 2.45) is 5.92 Å². The molecule has 3 aliphatic rings. The first-order chi connectivity index (χ1) is 10.5. The fraction of sp³-hybridized carbons (Fsp3) is 0.933. The molecule has 22 heavy (non-hydrogen) atoms. The Balaban J connectivity index is 1.62. The highest BCUT2D eigenvalue weighted by molar-refractivity contribution is 7.88. The van der Waals surface area contributed by atoms with Crippen molar-refractivity contribution in [3.05, 3.63) is 0 Å². The summed E-state index contributed by atoms with van der Waals surface area (Å²) in [7, 11) is -3.13. The van der Waals surface area contributed by atoms with Crippen molar-refractivity contribution in [3.63, 3.8) is 0 Å². The number of amides is 1.